The molecule has 92 valence electrons. The fraction of sp³-hybridized carbons (Fsp3) is 0. The molecule has 1 aromatic carbocycles. The molecule has 0 fully saturated rings. The zero-order chi connectivity index (χ0) is 13.3. The number of carboxylic acids is 1. The van der Waals surface area contributed by atoms with Crippen LogP contribution in [-0.2, 0) is 4.79 Å². The van der Waals surface area contributed by atoms with Crippen LogP contribution in [0.15, 0.2) is 45.0 Å². The summed E-state index contributed by atoms with van der Waals surface area (Å²) < 4.78 is -0.431. The van der Waals surface area contributed by atoms with Crippen molar-refractivity contribution in [3.8, 4) is 0 Å². The summed E-state index contributed by atoms with van der Waals surface area (Å²) in [5.41, 5.74) is 0.903. The highest BCUT2D eigenvalue weighted by atomic mass is 35.5. The lowest BCUT2D eigenvalue weighted by molar-refractivity contribution is -0.131. The number of benzene rings is 1. The summed E-state index contributed by atoms with van der Waals surface area (Å²) in [7, 11) is 0. The first kappa shape index (κ1) is 15.8. The Kier molecular flexibility index (Phi) is 8.23. The van der Waals surface area contributed by atoms with Crippen molar-refractivity contribution in [1.82, 2.24) is 0 Å². The van der Waals surface area contributed by atoms with E-state index in [0.717, 1.165) is 5.56 Å². The van der Waals surface area contributed by atoms with Crippen molar-refractivity contribution in [3.63, 3.8) is 0 Å². The molecular formula is C10H8Cl3NO3. The van der Waals surface area contributed by atoms with Crippen molar-refractivity contribution in [1.29, 1.82) is 0 Å². The molecule has 0 aliphatic heterocycles. The van der Waals surface area contributed by atoms with E-state index in [-0.39, 0.29) is 0 Å². The number of oxime groups is 1. The van der Waals surface area contributed by atoms with Gasteiger partial charge in [-0.15, -0.1) is 0 Å². The lowest BCUT2D eigenvalue weighted by atomic mass is 10.2. The van der Waals surface area contributed by atoms with Gasteiger partial charge in [0, 0.05) is 0 Å². The molecule has 17 heavy (non-hydrogen) atoms. The molecule has 0 radical (unpaired) electrons. The molecule has 0 amide bonds. The summed E-state index contributed by atoms with van der Waals surface area (Å²) >= 11 is 14.9. The number of nitrogens with zero attached hydrogens (tertiary/aromatic N) is 1. The Labute approximate surface area is 113 Å². The van der Waals surface area contributed by atoms with E-state index in [9.17, 15) is 4.79 Å². The third kappa shape index (κ3) is 7.63. The first-order valence-corrected chi connectivity index (χ1v) is 5.29. The number of carbonyl (C=O) groups is 1. The van der Waals surface area contributed by atoms with Crippen molar-refractivity contribution in [2.24, 2.45) is 5.16 Å². The lowest BCUT2D eigenvalue weighted by Crippen LogP contribution is -1.93. The Morgan fingerprint density at radius 3 is 2.00 bits per heavy atom. The predicted molar refractivity (Wildman–Crippen MR) is 68.0 cm³/mol. The van der Waals surface area contributed by atoms with E-state index in [4.69, 9.17) is 45.1 Å². The van der Waals surface area contributed by atoms with Gasteiger partial charge >= 0.3 is 5.97 Å². The van der Waals surface area contributed by atoms with Gasteiger partial charge < -0.3 is 10.3 Å². The van der Waals surface area contributed by atoms with Crippen molar-refractivity contribution in [2.45, 2.75) is 0 Å². The normalized spacial score (nSPS) is 9.35. The third-order valence-electron chi connectivity index (χ3n) is 1.36. The second kappa shape index (κ2) is 8.87. The average Bonchev–Trinajstić information content (AvgIpc) is 2.30. The average molecular weight is 297 g/mol. The van der Waals surface area contributed by atoms with Crippen LogP contribution in [0, 0.1) is 0 Å². The number of hydrogen-bond donors (Lipinski definition) is 2. The number of halogens is 3. The smallest absolute Gasteiger partial charge is 0.349 e. The molecule has 4 nitrogen and oxygen atoms in total. The van der Waals surface area contributed by atoms with Crippen molar-refractivity contribution < 1.29 is 15.1 Å². The van der Waals surface area contributed by atoms with Gasteiger partial charge in [-0.25, -0.2) is 4.79 Å². The van der Waals surface area contributed by atoms with Gasteiger partial charge in [0.05, 0.1) is 6.21 Å². The van der Waals surface area contributed by atoms with Crippen LogP contribution >= 0.6 is 34.8 Å². The third-order valence-corrected chi connectivity index (χ3v) is 2.28. The maximum atomic E-state index is 9.78. The van der Waals surface area contributed by atoms with Crippen LogP contribution in [0.5, 0.6) is 0 Å². The van der Waals surface area contributed by atoms with Crippen molar-refractivity contribution in [2.75, 3.05) is 0 Å². The maximum absolute atomic E-state index is 9.78. The molecular weight excluding hydrogens is 288 g/mol. The molecule has 7 heteroatoms. The summed E-state index contributed by atoms with van der Waals surface area (Å²) in [4.78, 5) is 9.78. The summed E-state index contributed by atoms with van der Waals surface area (Å²) in [6, 6.07) is 9.40. The number of rotatable bonds is 2. The Morgan fingerprint density at radius 2 is 1.71 bits per heavy atom. The zero-order valence-electron chi connectivity index (χ0n) is 8.35. The molecule has 0 aliphatic carbocycles. The summed E-state index contributed by atoms with van der Waals surface area (Å²) in [6.07, 6.45) is 1.39. The largest absolute Gasteiger partial charge is 0.477 e. The number of aliphatic carboxylic acids is 1. The fourth-order valence-corrected chi connectivity index (χ4v) is 0.848. The lowest BCUT2D eigenvalue weighted by Gasteiger charge is -1.85. The van der Waals surface area contributed by atoms with E-state index in [2.05, 4.69) is 5.16 Å². The Morgan fingerprint density at radius 1 is 1.18 bits per heavy atom. The van der Waals surface area contributed by atoms with Gasteiger partial charge in [-0.2, -0.15) is 0 Å². The Hall–Kier alpha value is -1.23. The second-order valence-corrected chi connectivity index (χ2v) is 3.86. The van der Waals surface area contributed by atoms with Crippen molar-refractivity contribution >= 4 is 47.0 Å². The first-order chi connectivity index (χ1) is 7.99. The van der Waals surface area contributed by atoms with E-state index >= 15 is 0 Å². The molecule has 0 unspecified atom stereocenters. The highest BCUT2D eigenvalue weighted by Gasteiger charge is 2.06. The Balaban J connectivity index is 0.000000304. The molecule has 1 rings (SSSR count). The first-order valence-electron chi connectivity index (χ1n) is 4.15. The quantitative estimate of drug-likeness (QED) is 0.380. The summed E-state index contributed by atoms with van der Waals surface area (Å²) in [6.45, 7) is 0. The molecule has 0 saturated heterocycles. The molecule has 0 aromatic heterocycles. The molecule has 0 aliphatic rings. The van der Waals surface area contributed by atoms with Gasteiger partial charge in [0.1, 0.15) is 4.49 Å². The maximum Gasteiger partial charge on any atom is 0.349 e. The van der Waals surface area contributed by atoms with E-state index in [1.54, 1.807) is 0 Å². The molecule has 0 bridgehead atoms. The van der Waals surface area contributed by atoms with E-state index in [1.807, 2.05) is 30.3 Å². The summed E-state index contributed by atoms with van der Waals surface area (Å²) in [5.74, 6) is -1.33. The minimum atomic E-state index is -1.33. The van der Waals surface area contributed by atoms with Crippen LogP contribution in [0.25, 0.3) is 0 Å². The van der Waals surface area contributed by atoms with Gasteiger partial charge in [-0.3, -0.25) is 0 Å². The number of carboxylic acid groups (broad SMARTS) is 1. The van der Waals surface area contributed by atoms with E-state index < -0.39 is 15.5 Å². The van der Waals surface area contributed by atoms with E-state index in [0.29, 0.717) is 0 Å². The molecule has 0 saturated carbocycles. The van der Waals surface area contributed by atoms with Gasteiger partial charge in [0.25, 0.3) is 0 Å². The van der Waals surface area contributed by atoms with Crippen molar-refractivity contribution in [3.05, 3.63) is 45.4 Å². The zero-order valence-corrected chi connectivity index (χ0v) is 10.6. The second-order valence-electron chi connectivity index (χ2n) is 2.53. The molecule has 2 N–H and O–H groups in total. The Bertz CT molecular complexity index is 414. The van der Waals surface area contributed by atoms with Gasteiger partial charge in [-0.1, -0.05) is 70.3 Å². The van der Waals surface area contributed by atoms with E-state index in [1.165, 1.54) is 6.21 Å². The van der Waals surface area contributed by atoms with Gasteiger partial charge in [0.2, 0.25) is 0 Å². The molecule has 0 atom stereocenters. The highest BCUT2D eigenvalue weighted by Crippen LogP contribution is 2.16. The summed E-state index contributed by atoms with van der Waals surface area (Å²) in [5, 5.41) is 18.4. The van der Waals surface area contributed by atoms with Crippen LogP contribution in [-0.4, -0.2) is 22.5 Å². The minimum Gasteiger partial charge on any atom is -0.477 e. The highest BCUT2D eigenvalue weighted by molar-refractivity contribution is 6.62. The standard InChI is InChI=1S/C7H7NO.C3HCl3O2/c9-8-6-7-4-2-1-3-5-7;4-1(2(5)6)3(7)8/h1-6,9H;(H,7,8). The number of hydrogen-bond acceptors (Lipinski definition) is 3. The van der Waals surface area contributed by atoms with Crippen LogP contribution < -0.4 is 0 Å². The van der Waals surface area contributed by atoms with Crippen LogP contribution in [0.3, 0.4) is 0 Å². The fourth-order valence-electron chi connectivity index (χ4n) is 0.687. The van der Waals surface area contributed by atoms with Crippen LogP contribution in [0.1, 0.15) is 5.56 Å². The monoisotopic (exact) mass is 295 g/mol. The van der Waals surface area contributed by atoms with Crippen LogP contribution in [0.4, 0.5) is 0 Å². The predicted octanol–water partition coefficient (Wildman–Crippen LogP) is 3.45. The molecule has 0 heterocycles. The minimum absolute atomic E-state index is 0.431. The van der Waals surface area contributed by atoms with Crippen LogP contribution in [0.2, 0.25) is 0 Å². The van der Waals surface area contributed by atoms with Gasteiger partial charge in [-0.05, 0) is 5.56 Å². The topological polar surface area (TPSA) is 69.9 Å². The SMILES string of the molecule is O=C(O)C(Cl)=C(Cl)Cl.ON=Cc1ccccc1. The molecule has 0 spiro atoms. The van der Waals surface area contributed by atoms with Gasteiger partial charge in [0.15, 0.2) is 5.03 Å². The molecule has 1 aromatic rings.